The van der Waals surface area contributed by atoms with Gasteiger partial charge in [0.25, 0.3) is 10.0 Å². The van der Waals surface area contributed by atoms with Crippen LogP contribution in [0.3, 0.4) is 0 Å². The van der Waals surface area contributed by atoms with Gasteiger partial charge < -0.3 is 5.11 Å². The Hall–Kier alpha value is -1.01. The quantitative estimate of drug-likeness (QED) is 0.535. The second-order valence-corrected chi connectivity index (χ2v) is 8.74. The molecule has 0 radical (unpaired) electrons. The van der Waals surface area contributed by atoms with Crippen molar-refractivity contribution >= 4 is 26.2 Å². The number of halogens is 1. The highest BCUT2D eigenvalue weighted by Gasteiger charge is 2.29. The molecule has 0 amide bonds. The van der Waals surface area contributed by atoms with Crippen molar-refractivity contribution < 1.29 is 13.5 Å². The lowest BCUT2D eigenvalue weighted by Crippen LogP contribution is -2.26. The summed E-state index contributed by atoms with van der Waals surface area (Å²) in [5.74, 6) is 0.261. The summed E-state index contributed by atoms with van der Waals surface area (Å²) in [6.45, 7) is 7.83. The van der Waals surface area contributed by atoms with Gasteiger partial charge in [-0.1, -0.05) is 45.9 Å². The number of benzene rings is 1. The molecule has 1 atom stereocenters. The van der Waals surface area contributed by atoms with Crippen LogP contribution in [0.15, 0.2) is 46.7 Å². The molecule has 0 saturated heterocycles. The van der Waals surface area contributed by atoms with Crippen molar-refractivity contribution in [1.82, 2.24) is 3.33 Å². The molecule has 1 rings (SSSR count). The Labute approximate surface area is 142 Å². The fourth-order valence-electron chi connectivity index (χ4n) is 2.06. The zero-order valence-electron chi connectivity index (χ0n) is 13.5. The van der Waals surface area contributed by atoms with Gasteiger partial charge in [-0.3, -0.25) is 0 Å². The lowest BCUT2D eigenvalue weighted by atomic mass is 10.0. The Morgan fingerprint density at radius 1 is 1.23 bits per heavy atom. The first-order valence-electron chi connectivity index (χ1n) is 7.39. The van der Waals surface area contributed by atoms with Crippen molar-refractivity contribution in [2.75, 3.05) is 0 Å². The topological polar surface area (TPSA) is 57.6 Å². The lowest BCUT2D eigenvalue weighted by Gasteiger charge is -2.26. The van der Waals surface area contributed by atoms with Crippen LogP contribution in [0.25, 0.3) is 0 Å². The van der Waals surface area contributed by atoms with Gasteiger partial charge in [-0.2, -0.15) is 3.33 Å². The first-order chi connectivity index (χ1) is 10.2. The molecule has 0 unspecified atom stereocenters. The summed E-state index contributed by atoms with van der Waals surface area (Å²) < 4.78 is 26.5. The predicted octanol–water partition coefficient (Wildman–Crippen LogP) is 4.85. The molecule has 0 aromatic heterocycles. The third-order valence-electron chi connectivity index (χ3n) is 3.42. The number of hydrogen-bond acceptors (Lipinski definition) is 3. The fraction of sp³-hybridized carbons (Fsp3) is 0.500. The van der Waals surface area contributed by atoms with Crippen molar-refractivity contribution in [2.24, 2.45) is 11.8 Å². The summed E-state index contributed by atoms with van der Waals surface area (Å²) in [5.41, 5.74) is 0.403. The van der Waals surface area contributed by atoms with Crippen LogP contribution < -0.4 is 0 Å². The summed E-state index contributed by atoms with van der Waals surface area (Å²) in [5, 5.41) is 10.4. The van der Waals surface area contributed by atoms with Crippen molar-refractivity contribution in [3.05, 3.63) is 41.8 Å². The third kappa shape index (κ3) is 4.49. The van der Waals surface area contributed by atoms with Gasteiger partial charge in [0.1, 0.15) is 5.76 Å². The maximum absolute atomic E-state index is 12.7. The Kier molecular flexibility index (Phi) is 6.94. The Balaban J connectivity index is 3.31. The maximum atomic E-state index is 12.7. The van der Waals surface area contributed by atoms with Crippen LogP contribution >= 0.6 is 16.1 Å². The van der Waals surface area contributed by atoms with E-state index in [-0.39, 0.29) is 22.5 Å². The molecular weight excluding hydrogens is 366 g/mol. The molecule has 1 N–H and O–H groups in total. The number of aliphatic hydroxyl groups excluding tert-OH is 1. The minimum absolute atomic E-state index is 0.0865. The van der Waals surface area contributed by atoms with Crippen molar-refractivity contribution in [3.63, 3.8) is 0 Å². The maximum Gasteiger partial charge on any atom is 0.273 e. The van der Waals surface area contributed by atoms with Gasteiger partial charge in [-0.05, 0) is 24.5 Å². The second-order valence-electron chi connectivity index (χ2n) is 5.77. The first-order valence-corrected chi connectivity index (χ1v) is 9.54. The van der Waals surface area contributed by atoms with Crippen LogP contribution in [0.2, 0.25) is 0 Å². The molecular formula is C16H24BrNO3S. The van der Waals surface area contributed by atoms with E-state index in [2.05, 4.69) is 16.1 Å². The van der Waals surface area contributed by atoms with Gasteiger partial charge in [-0.25, -0.2) is 8.42 Å². The van der Waals surface area contributed by atoms with E-state index < -0.39 is 10.0 Å². The smallest absolute Gasteiger partial charge is 0.273 e. The van der Waals surface area contributed by atoms with Crippen molar-refractivity contribution in [3.8, 4) is 0 Å². The van der Waals surface area contributed by atoms with Gasteiger partial charge in [0.2, 0.25) is 0 Å². The summed E-state index contributed by atoms with van der Waals surface area (Å²) in [6, 6.07) is 8.19. The number of rotatable bonds is 7. The Morgan fingerprint density at radius 3 is 2.23 bits per heavy atom. The van der Waals surface area contributed by atoms with Gasteiger partial charge in [0.15, 0.2) is 0 Å². The van der Waals surface area contributed by atoms with E-state index in [1.54, 1.807) is 18.2 Å². The average molecular weight is 390 g/mol. The van der Waals surface area contributed by atoms with Crippen molar-refractivity contribution in [1.29, 1.82) is 0 Å². The molecule has 4 nitrogen and oxygen atoms in total. The third-order valence-corrected chi connectivity index (χ3v) is 6.43. The number of allylic oxidation sites excluding steroid dienone is 2. The van der Waals surface area contributed by atoms with Crippen LogP contribution in [-0.4, -0.2) is 16.9 Å². The van der Waals surface area contributed by atoms with E-state index in [0.717, 1.165) is 9.75 Å². The van der Waals surface area contributed by atoms with Crippen LogP contribution in [0.4, 0.5) is 0 Å². The molecule has 0 saturated carbocycles. The molecule has 0 spiro atoms. The normalized spacial score (nSPS) is 14.6. The van der Waals surface area contributed by atoms with E-state index in [1.165, 1.54) is 12.1 Å². The summed E-state index contributed by atoms with van der Waals surface area (Å²) in [4.78, 5) is 0.185. The minimum atomic E-state index is -3.74. The number of aliphatic hydroxyl groups is 1. The van der Waals surface area contributed by atoms with E-state index >= 15 is 0 Å². The second kappa shape index (κ2) is 8.02. The van der Waals surface area contributed by atoms with E-state index in [9.17, 15) is 13.5 Å². The SMILES string of the molecule is CC[C@H](C)/C(=C(/O)CC(C)C)N(Br)S(=O)(=O)c1ccccc1. The molecule has 0 fully saturated rings. The minimum Gasteiger partial charge on any atom is -0.510 e. The van der Waals surface area contributed by atoms with Gasteiger partial charge >= 0.3 is 0 Å². The zero-order chi connectivity index (χ0) is 16.9. The van der Waals surface area contributed by atoms with E-state index in [0.29, 0.717) is 12.1 Å². The lowest BCUT2D eigenvalue weighted by molar-refractivity contribution is 0.336. The number of sulfonamides is 1. The first kappa shape index (κ1) is 19.0. The molecule has 6 heteroatoms. The highest BCUT2D eigenvalue weighted by Crippen LogP contribution is 2.32. The Bertz CT molecular complexity index is 612. The average Bonchev–Trinajstić information content (AvgIpc) is 2.47. The fourth-order valence-corrected chi connectivity index (χ4v) is 4.34. The monoisotopic (exact) mass is 389 g/mol. The number of hydrogen-bond donors (Lipinski definition) is 1. The molecule has 124 valence electrons. The van der Waals surface area contributed by atoms with Gasteiger partial charge in [0, 0.05) is 12.3 Å². The summed E-state index contributed by atoms with van der Waals surface area (Å²) in [7, 11) is -3.74. The highest BCUT2D eigenvalue weighted by molar-refractivity contribution is 9.08. The van der Waals surface area contributed by atoms with Gasteiger partial charge in [0.05, 0.1) is 26.7 Å². The molecule has 1 aromatic rings. The van der Waals surface area contributed by atoms with Gasteiger partial charge in [-0.15, -0.1) is 0 Å². The molecule has 22 heavy (non-hydrogen) atoms. The summed E-state index contributed by atoms with van der Waals surface area (Å²) in [6.07, 6.45) is 1.16. The largest absolute Gasteiger partial charge is 0.510 e. The zero-order valence-corrected chi connectivity index (χ0v) is 15.9. The summed E-state index contributed by atoms with van der Waals surface area (Å²) >= 11 is 3.16. The molecule has 0 aliphatic heterocycles. The van der Waals surface area contributed by atoms with E-state index in [4.69, 9.17) is 0 Å². The molecule has 0 aliphatic carbocycles. The predicted molar refractivity (Wildman–Crippen MR) is 93.0 cm³/mol. The highest BCUT2D eigenvalue weighted by atomic mass is 79.9. The standard InChI is InChI=1S/C16H24BrNO3S/c1-5-13(4)16(15(19)11-12(2)3)18(17)22(20,21)14-9-7-6-8-10-14/h6-10,12-13,19H,5,11H2,1-4H3/b16-15-/t13-/m0/s1. The van der Waals surface area contributed by atoms with Crippen LogP contribution in [-0.2, 0) is 10.0 Å². The van der Waals surface area contributed by atoms with Crippen LogP contribution in [0, 0.1) is 11.8 Å². The molecule has 0 heterocycles. The molecule has 1 aromatic carbocycles. The number of nitrogens with zero attached hydrogens (tertiary/aromatic N) is 1. The van der Waals surface area contributed by atoms with Crippen LogP contribution in [0.1, 0.15) is 40.5 Å². The molecule has 0 aliphatic rings. The van der Waals surface area contributed by atoms with Crippen LogP contribution in [0.5, 0.6) is 0 Å². The van der Waals surface area contributed by atoms with Crippen molar-refractivity contribution in [2.45, 2.75) is 45.4 Å². The van der Waals surface area contributed by atoms with E-state index in [1.807, 2.05) is 27.7 Å². The molecule has 0 bridgehead atoms. The Morgan fingerprint density at radius 2 is 1.77 bits per heavy atom.